The first kappa shape index (κ1) is 55.6. The van der Waals surface area contributed by atoms with Crippen molar-refractivity contribution in [2.24, 2.45) is 5.92 Å². The summed E-state index contributed by atoms with van der Waals surface area (Å²) in [4.78, 5) is 26.4. The highest BCUT2D eigenvalue weighted by Gasteiger charge is 2.53. The van der Waals surface area contributed by atoms with Gasteiger partial charge >= 0.3 is 11.9 Å². The molecule has 2 aliphatic rings. The summed E-state index contributed by atoms with van der Waals surface area (Å²) in [6.45, 7) is 6.70. The molecule has 0 fully saturated rings. The largest absolute Gasteiger partial charge is 0.748 e. The van der Waals surface area contributed by atoms with Crippen molar-refractivity contribution in [3.8, 4) is 0 Å². The maximum Gasteiger partial charge on any atom is 0.307 e. The first-order valence-corrected chi connectivity index (χ1v) is 29.9. The van der Waals surface area contributed by atoms with E-state index in [-0.39, 0.29) is 25.8 Å². The van der Waals surface area contributed by atoms with Gasteiger partial charge in [0.15, 0.2) is 5.71 Å². The van der Waals surface area contributed by atoms with E-state index in [1.165, 1.54) is 0 Å². The molecule has 20 heteroatoms. The summed E-state index contributed by atoms with van der Waals surface area (Å²) in [6.07, 6.45) is 18.3. The summed E-state index contributed by atoms with van der Waals surface area (Å²) in [5, 5.41) is 20.0. The maximum absolute atomic E-state index is 13.2. The van der Waals surface area contributed by atoms with Gasteiger partial charge in [0.2, 0.25) is 5.69 Å². The minimum atomic E-state index is -4.43. The predicted molar refractivity (Wildman–Crippen MR) is 298 cm³/mol. The Hall–Kier alpha value is 0.0100. The van der Waals surface area contributed by atoms with Crippen LogP contribution in [0.3, 0.4) is 0 Å². The molecule has 0 aliphatic carbocycles. The van der Waals surface area contributed by atoms with Crippen molar-refractivity contribution in [2.75, 3.05) is 29.5 Å². The zero-order chi connectivity index (χ0) is 47.1. The number of aliphatic carboxylic acids is 2. The number of nitrogens with zero attached hydrogens (tertiary/aromatic N) is 2. The second-order valence-electron chi connectivity index (χ2n) is 15.9. The number of hydrogen-bond donors (Lipinski definition) is 3. The molecule has 0 saturated heterocycles. The van der Waals surface area contributed by atoms with Crippen LogP contribution in [0, 0.1) is 27.3 Å². The van der Waals surface area contributed by atoms with E-state index in [4.69, 9.17) is 0 Å². The molecule has 0 radical (unpaired) electrons. The van der Waals surface area contributed by atoms with Gasteiger partial charge in [-0.15, -0.1) is 0 Å². The lowest BCUT2D eigenvalue weighted by atomic mass is 9.69. The van der Waals surface area contributed by atoms with Crippen molar-refractivity contribution in [3.63, 3.8) is 0 Å². The Morgan fingerprint density at radius 1 is 0.810 bits per heavy atom. The fourth-order valence-electron chi connectivity index (χ4n) is 8.62. The molecule has 63 heavy (non-hydrogen) atoms. The average molecular weight is 1580 g/mol. The lowest BCUT2D eigenvalue weighted by molar-refractivity contribution is -0.437. The van der Waals surface area contributed by atoms with Crippen molar-refractivity contribution in [3.05, 3.63) is 92.9 Å². The molecule has 2 heterocycles. The van der Waals surface area contributed by atoms with Gasteiger partial charge in [0, 0.05) is 81.1 Å². The molecule has 4 rings (SSSR count). The summed E-state index contributed by atoms with van der Waals surface area (Å²) in [6, 6.07) is 4.12. The van der Waals surface area contributed by atoms with Crippen LogP contribution in [0.1, 0.15) is 96.1 Å². The summed E-state index contributed by atoms with van der Waals surface area (Å²) in [7, 11) is -8.66. The fraction of sp³-hybridized carbons (Fsp3) is 0.465. The van der Waals surface area contributed by atoms with Crippen LogP contribution in [0.5, 0.6) is 0 Å². The highest BCUT2D eigenvalue weighted by molar-refractivity contribution is 14.1. The molecule has 0 saturated carbocycles. The Kier molecular flexibility index (Phi) is 21.2. The van der Waals surface area contributed by atoms with Crippen molar-refractivity contribution < 1.29 is 50.3 Å². The second-order valence-corrected chi connectivity index (χ2v) is 25.6. The zero-order valence-electron chi connectivity index (χ0n) is 34.9. The quantitative estimate of drug-likeness (QED) is 0.0239. The van der Waals surface area contributed by atoms with E-state index < -0.39 is 60.4 Å². The highest BCUT2D eigenvalue weighted by atomic mass is 127. The van der Waals surface area contributed by atoms with Crippen LogP contribution in [0.25, 0.3) is 0 Å². The normalized spacial score (nSPS) is 20.2. The van der Waals surface area contributed by atoms with Gasteiger partial charge in [-0.3, -0.25) is 14.1 Å². The summed E-state index contributed by atoms with van der Waals surface area (Å²) in [5.41, 5.74) is 3.96. The Balaban J connectivity index is 1.80. The zero-order valence-corrected chi connectivity index (χ0v) is 49.4. The molecule has 3 N–H and O–H groups in total. The van der Waals surface area contributed by atoms with Crippen molar-refractivity contribution in [2.45, 2.75) is 95.8 Å². The van der Waals surface area contributed by atoms with E-state index >= 15 is 0 Å². The molecule has 3 atom stereocenters. The second kappa shape index (κ2) is 24.0. The van der Waals surface area contributed by atoms with Crippen LogP contribution >= 0.6 is 136 Å². The van der Waals surface area contributed by atoms with E-state index in [9.17, 15) is 45.7 Å². The molecule has 0 bridgehead atoms. The van der Waals surface area contributed by atoms with Crippen molar-refractivity contribution >= 4 is 185 Å². The Bertz CT molecular complexity index is 2470. The average Bonchev–Trinajstić information content (AvgIpc) is 3.54. The van der Waals surface area contributed by atoms with E-state index in [0.717, 1.165) is 74.6 Å². The van der Waals surface area contributed by atoms with Gasteiger partial charge in [-0.05, 0) is 187 Å². The van der Waals surface area contributed by atoms with Crippen LogP contribution in [-0.4, -0.2) is 83.0 Å². The topological polar surface area (TPSA) is 192 Å². The molecular weight excluding hydrogens is 1530 g/mol. The van der Waals surface area contributed by atoms with Crippen molar-refractivity contribution in [1.29, 1.82) is 0 Å². The Morgan fingerprint density at radius 3 is 2.03 bits per heavy atom. The van der Waals surface area contributed by atoms with Gasteiger partial charge in [0.25, 0.3) is 10.1 Å². The van der Waals surface area contributed by atoms with E-state index in [0.29, 0.717) is 32.2 Å². The molecule has 2 aliphatic heterocycles. The SMILES string of the molecule is CCCCC(C(=O)O)C1(C)/C(=C/C=C/C=C/C=C/C2=[N+](CCCS(=O)(=O)[O-])c3cc(I)c(I)c(I)c3C2(C)CCCCCC(=O)O)N(CCCS(=O)(=O)O)c2cc(I)c(I)c(I)c21. The molecule has 0 aromatic heterocycles. The van der Waals surface area contributed by atoms with Gasteiger partial charge in [0.1, 0.15) is 6.54 Å². The summed E-state index contributed by atoms with van der Waals surface area (Å²) < 4.78 is 76.5. The number of benzene rings is 2. The highest BCUT2D eigenvalue weighted by Crippen LogP contribution is 2.56. The lowest BCUT2D eigenvalue weighted by Gasteiger charge is -2.36. The third kappa shape index (κ3) is 13.8. The third-order valence-corrected chi connectivity index (χ3v) is 23.4. The van der Waals surface area contributed by atoms with Crippen LogP contribution in [0.15, 0.2) is 60.4 Å². The number of anilines is 1. The number of rotatable bonds is 23. The number of fused-ring (bicyclic) bond motifs is 2. The number of hydrogen-bond acceptors (Lipinski definition) is 8. The molecular formula is C43H50I6N2O10S2. The first-order valence-electron chi connectivity index (χ1n) is 20.2. The smallest absolute Gasteiger partial charge is 0.307 e. The molecule has 12 nitrogen and oxygen atoms in total. The van der Waals surface area contributed by atoms with Gasteiger partial charge < -0.3 is 19.7 Å². The van der Waals surface area contributed by atoms with E-state index in [1.807, 2.05) is 67.3 Å². The van der Waals surface area contributed by atoms with Crippen LogP contribution in [0.2, 0.25) is 0 Å². The molecule has 346 valence electrons. The number of halogens is 6. The minimum Gasteiger partial charge on any atom is -0.748 e. The monoisotopic (exact) mass is 1580 g/mol. The Morgan fingerprint density at radius 2 is 1.43 bits per heavy atom. The van der Waals surface area contributed by atoms with E-state index in [1.54, 1.807) is 0 Å². The van der Waals surface area contributed by atoms with Crippen LogP contribution < -0.4 is 4.90 Å². The minimum absolute atomic E-state index is 0.0947. The molecule has 0 spiro atoms. The van der Waals surface area contributed by atoms with Crippen LogP contribution in [0.4, 0.5) is 11.4 Å². The predicted octanol–water partition coefficient (Wildman–Crippen LogP) is 11.1. The molecule has 2 aromatic rings. The van der Waals surface area contributed by atoms with Gasteiger partial charge in [-0.1, -0.05) is 63.0 Å². The fourth-order valence-corrected chi connectivity index (χ4v) is 14.9. The third-order valence-electron chi connectivity index (χ3n) is 11.5. The van der Waals surface area contributed by atoms with Gasteiger partial charge in [-0.2, -0.15) is 13.0 Å². The van der Waals surface area contributed by atoms with Gasteiger partial charge in [-0.25, -0.2) is 8.42 Å². The number of carbonyl (C=O) groups is 2. The lowest BCUT2D eigenvalue weighted by Crippen LogP contribution is -2.40. The van der Waals surface area contributed by atoms with Gasteiger partial charge in [0.05, 0.1) is 32.8 Å². The number of allylic oxidation sites excluding steroid dienone is 8. The van der Waals surface area contributed by atoms with E-state index in [2.05, 4.69) is 153 Å². The maximum atomic E-state index is 13.2. The number of carboxylic acids is 2. The molecule has 2 aromatic carbocycles. The number of unbranched alkanes of at least 4 members (excludes halogenated alkanes) is 3. The summed E-state index contributed by atoms with van der Waals surface area (Å²) >= 11 is 13.9. The standard InChI is InChI=1S/C43H50I6N2O10S2/c1-4-5-16-27(41(54)55)43(3)33(51(22-15-24-63(59,60)61)31-26-29(45)38(47)40(49)36(31)43)18-11-8-6-7-10-17-32-42(2,20-13-9-12-19-34(52)53)35-30(25-28(44)37(46)39(35)48)50(32)21-14-23-62(56,57)58/h6-8,10-11,17-18,25-27H,4-5,9,12-16,19-24H2,1-3H3,(H3-,52,53,54,55,56,57,58,59,60,61). The Labute approximate surface area is 453 Å². The molecule has 3 unspecified atom stereocenters. The number of carboxylic acid groups (broad SMARTS) is 2. The molecule has 0 amide bonds. The summed E-state index contributed by atoms with van der Waals surface area (Å²) in [5.74, 6) is -3.46. The first-order chi connectivity index (χ1) is 29.4. The van der Waals surface area contributed by atoms with Crippen molar-refractivity contribution in [1.82, 2.24) is 0 Å². The van der Waals surface area contributed by atoms with Crippen LogP contribution in [-0.2, 0) is 40.7 Å².